The van der Waals surface area contributed by atoms with Gasteiger partial charge in [0.1, 0.15) is 16.6 Å². The second-order valence-corrected chi connectivity index (χ2v) is 5.54. The van der Waals surface area contributed by atoms with Crippen molar-refractivity contribution >= 4 is 22.8 Å². The largest absolute Gasteiger partial charge is 0.363 e. The second kappa shape index (κ2) is 5.04. The summed E-state index contributed by atoms with van der Waals surface area (Å²) in [5, 5.41) is 10.6. The average Bonchev–Trinajstić information content (AvgIpc) is 3.03. The highest BCUT2D eigenvalue weighted by atomic mass is 32.1. The number of aryl methyl sites for hydroxylation is 2. The zero-order valence-electron chi connectivity index (χ0n) is 11.2. The van der Waals surface area contributed by atoms with Gasteiger partial charge in [0.15, 0.2) is 5.65 Å². The Morgan fingerprint density at radius 1 is 1.50 bits per heavy atom. The number of fused-ring (bicyclic) bond motifs is 1. The first-order valence-electron chi connectivity index (χ1n) is 6.29. The predicted molar refractivity (Wildman–Crippen MR) is 77.2 cm³/mol. The fourth-order valence-corrected chi connectivity index (χ4v) is 2.75. The third-order valence-electron chi connectivity index (χ3n) is 2.94. The van der Waals surface area contributed by atoms with Gasteiger partial charge in [-0.05, 0) is 13.3 Å². The normalized spacial score (nSPS) is 11.1. The molecule has 0 bridgehead atoms. The van der Waals surface area contributed by atoms with Crippen molar-refractivity contribution in [2.45, 2.75) is 26.8 Å². The van der Waals surface area contributed by atoms with Gasteiger partial charge in [-0.25, -0.2) is 24.3 Å². The molecule has 2 N–H and O–H groups in total. The monoisotopic (exact) mass is 290 g/mol. The van der Waals surface area contributed by atoms with Gasteiger partial charge in [-0.15, -0.1) is 11.3 Å². The third-order valence-corrected chi connectivity index (χ3v) is 4.08. The number of aromatic amines is 1. The lowest BCUT2D eigenvalue weighted by Gasteiger charge is -2.05. The highest BCUT2D eigenvalue weighted by molar-refractivity contribution is 7.11. The average molecular weight is 290 g/mol. The molecule has 0 saturated heterocycles. The van der Waals surface area contributed by atoms with Gasteiger partial charge < -0.3 is 5.32 Å². The van der Waals surface area contributed by atoms with Gasteiger partial charge in [0.05, 0.1) is 6.54 Å². The molecule has 0 fully saturated rings. The van der Waals surface area contributed by atoms with Crippen LogP contribution in [0.3, 0.4) is 0 Å². The van der Waals surface area contributed by atoms with E-state index in [-0.39, 0.29) is 5.69 Å². The molecule has 0 atom stereocenters. The van der Waals surface area contributed by atoms with Crippen LogP contribution in [0.5, 0.6) is 0 Å². The molecule has 20 heavy (non-hydrogen) atoms. The molecule has 0 aliphatic rings. The van der Waals surface area contributed by atoms with Crippen molar-refractivity contribution in [1.29, 1.82) is 0 Å². The number of hydrogen-bond acceptors (Lipinski definition) is 6. The van der Waals surface area contributed by atoms with Crippen LogP contribution in [0.2, 0.25) is 0 Å². The van der Waals surface area contributed by atoms with E-state index < -0.39 is 0 Å². The fourth-order valence-electron chi connectivity index (χ4n) is 1.95. The van der Waals surface area contributed by atoms with E-state index in [1.54, 1.807) is 24.3 Å². The molecule has 0 amide bonds. The van der Waals surface area contributed by atoms with Crippen LogP contribution in [-0.4, -0.2) is 24.6 Å². The van der Waals surface area contributed by atoms with Crippen LogP contribution in [0.4, 0.5) is 5.82 Å². The van der Waals surface area contributed by atoms with Crippen molar-refractivity contribution < 1.29 is 0 Å². The summed E-state index contributed by atoms with van der Waals surface area (Å²) in [5.74, 6) is 1.28. The predicted octanol–water partition coefficient (Wildman–Crippen LogP) is 1.36. The summed E-state index contributed by atoms with van der Waals surface area (Å²) < 4.78 is 1.43. The second-order valence-electron chi connectivity index (χ2n) is 4.34. The summed E-state index contributed by atoms with van der Waals surface area (Å²) in [6, 6.07) is 1.74. The van der Waals surface area contributed by atoms with Crippen molar-refractivity contribution in [3.63, 3.8) is 0 Å². The molecule has 0 aliphatic heterocycles. The molecule has 3 heterocycles. The molecule has 3 aromatic rings. The molecule has 8 heteroatoms. The molecule has 104 valence electrons. The summed E-state index contributed by atoms with van der Waals surface area (Å²) in [6.45, 7) is 4.49. The number of hydrogen-bond donors (Lipinski definition) is 2. The lowest BCUT2D eigenvalue weighted by atomic mass is 10.4. The third kappa shape index (κ3) is 2.29. The highest BCUT2D eigenvalue weighted by Gasteiger charge is 2.07. The molecule has 0 spiro atoms. The maximum Gasteiger partial charge on any atom is 0.349 e. The Kier molecular flexibility index (Phi) is 3.23. The minimum atomic E-state index is -0.274. The van der Waals surface area contributed by atoms with Gasteiger partial charge in [0.25, 0.3) is 0 Å². The van der Waals surface area contributed by atoms with Crippen LogP contribution in [0.1, 0.15) is 22.6 Å². The van der Waals surface area contributed by atoms with Gasteiger partial charge in [0.2, 0.25) is 0 Å². The van der Waals surface area contributed by atoms with Crippen molar-refractivity contribution in [3.05, 3.63) is 38.5 Å². The van der Waals surface area contributed by atoms with Crippen molar-refractivity contribution in [3.8, 4) is 0 Å². The van der Waals surface area contributed by atoms with E-state index in [1.807, 2.05) is 6.20 Å². The molecule has 3 aromatic heterocycles. The Hall–Kier alpha value is -2.22. The Morgan fingerprint density at radius 3 is 3.10 bits per heavy atom. The maximum atomic E-state index is 11.5. The highest BCUT2D eigenvalue weighted by Crippen LogP contribution is 2.15. The van der Waals surface area contributed by atoms with Crippen LogP contribution in [0, 0.1) is 6.92 Å². The standard InChI is InChI=1S/C12H14N6OS/c1-3-8-5-14-11(20-8)6-13-9-4-10-16-17-12(19)18(10)7(2)15-9/h4-5,13H,3,6H2,1-2H3,(H,17,19). The molecule has 3 rings (SSSR count). The molecule has 0 unspecified atom stereocenters. The smallest absolute Gasteiger partial charge is 0.349 e. The zero-order chi connectivity index (χ0) is 14.1. The summed E-state index contributed by atoms with van der Waals surface area (Å²) in [6.07, 6.45) is 2.90. The van der Waals surface area contributed by atoms with Crippen LogP contribution >= 0.6 is 11.3 Å². The van der Waals surface area contributed by atoms with E-state index in [9.17, 15) is 4.79 Å². The first-order valence-corrected chi connectivity index (χ1v) is 7.11. The molecular weight excluding hydrogens is 276 g/mol. The Bertz CT molecular complexity index is 802. The number of anilines is 1. The number of nitrogens with one attached hydrogen (secondary N) is 2. The summed E-state index contributed by atoms with van der Waals surface area (Å²) in [4.78, 5) is 21.5. The van der Waals surface area contributed by atoms with Gasteiger partial charge in [-0.2, -0.15) is 5.10 Å². The molecule has 0 aliphatic carbocycles. The van der Waals surface area contributed by atoms with E-state index >= 15 is 0 Å². The first kappa shape index (κ1) is 12.8. The number of aromatic nitrogens is 5. The van der Waals surface area contributed by atoms with Crippen LogP contribution < -0.4 is 11.0 Å². The topological polar surface area (TPSA) is 88.0 Å². The number of rotatable bonds is 4. The van der Waals surface area contributed by atoms with E-state index in [0.717, 1.165) is 11.4 Å². The number of thiazole rings is 1. The maximum absolute atomic E-state index is 11.5. The van der Waals surface area contributed by atoms with Crippen molar-refractivity contribution in [2.24, 2.45) is 0 Å². The van der Waals surface area contributed by atoms with Crippen LogP contribution in [0.15, 0.2) is 17.1 Å². The molecular formula is C12H14N6OS. The number of nitrogens with zero attached hydrogens (tertiary/aromatic N) is 4. The van der Waals surface area contributed by atoms with Gasteiger partial charge in [-0.3, -0.25) is 0 Å². The molecule has 0 aromatic carbocycles. The van der Waals surface area contributed by atoms with E-state index in [0.29, 0.717) is 23.8 Å². The molecule has 0 radical (unpaired) electrons. The Balaban J connectivity index is 1.82. The van der Waals surface area contributed by atoms with Crippen molar-refractivity contribution in [2.75, 3.05) is 5.32 Å². The van der Waals surface area contributed by atoms with Crippen LogP contribution in [0.25, 0.3) is 5.65 Å². The van der Waals surface area contributed by atoms with Gasteiger partial charge >= 0.3 is 5.69 Å². The first-order chi connectivity index (χ1) is 9.67. The Morgan fingerprint density at radius 2 is 2.35 bits per heavy atom. The molecule has 7 nitrogen and oxygen atoms in total. The lowest BCUT2D eigenvalue weighted by Crippen LogP contribution is -2.14. The zero-order valence-corrected chi connectivity index (χ0v) is 12.0. The Labute approximate surface area is 118 Å². The van der Waals surface area contributed by atoms with Gasteiger partial charge in [-0.1, -0.05) is 6.92 Å². The van der Waals surface area contributed by atoms with E-state index in [2.05, 4.69) is 32.4 Å². The van der Waals surface area contributed by atoms with E-state index in [1.165, 1.54) is 9.28 Å². The quantitative estimate of drug-likeness (QED) is 0.757. The molecule has 0 saturated carbocycles. The van der Waals surface area contributed by atoms with E-state index in [4.69, 9.17) is 0 Å². The SMILES string of the molecule is CCc1cnc(CNc2cc3n[nH]c(=O)n3c(C)n2)s1. The lowest BCUT2D eigenvalue weighted by molar-refractivity contribution is 0.930. The summed E-state index contributed by atoms with van der Waals surface area (Å²) in [5.41, 5.74) is 0.280. The minimum Gasteiger partial charge on any atom is -0.363 e. The summed E-state index contributed by atoms with van der Waals surface area (Å²) >= 11 is 1.69. The van der Waals surface area contributed by atoms with Gasteiger partial charge in [0, 0.05) is 17.1 Å². The number of H-pyrrole nitrogens is 1. The fraction of sp³-hybridized carbons (Fsp3) is 0.333. The summed E-state index contributed by atoms with van der Waals surface area (Å²) in [7, 11) is 0. The minimum absolute atomic E-state index is 0.274. The van der Waals surface area contributed by atoms with Crippen molar-refractivity contribution in [1.82, 2.24) is 24.6 Å². The van der Waals surface area contributed by atoms with Crippen LogP contribution in [-0.2, 0) is 13.0 Å².